The molecule has 6 heteroatoms. The fraction of sp³-hybridized carbons (Fsp3) is 0.643. The number of amides is 1. The first-order valence-electron chi connectivity index (χ1n) is 6.95. The van der Waals surface area contributed by atoms with Gasteiger partial charge in [-0.3, -0.25) is 4.79 Å². The number of aliphatic carboxylic acids is 1. The van der Waals surface area contributed by atoms with Crippen LogP contribution >= 0.6 is 0 Å². The van der Waals surface area contributed by atoms with Crippen molar-refractivity contribution >= 4 is 11.9 Å². The summed E-state index contributed by atoms with van der Waals surface area (Å²) in [4.78, 5) is 27.1. The van der Waals surface area contributed by atoms with Gasteiger partial charge in [0.15, 0.2) is 0 Å². The maximum absolute atomic E-state index is 12.0. The van der Waals surface area contributed by atoms with Crippen molar-refractivity contribution in [2.75, 3.05) is 0 Å². The Balaban J connectivity index is 2.64. The Kier molecular flexibility index (Phi) is 6.21. The molecule has 0 aliphatic rings. The number of aromatic nitrogens is 2. The van der Waals surface area contributed by atoms with Gasteiger partial charge in [0.2, 0.25) is 5.91 Å². The van der Waals surface area contributed by atoms with Gasteiger partial charge in [0.25, 0.3) is 0 Å². The summed E-state index contributed by atoms with van der Waals surface area (Å²) in [6, 6.07) is -0.823. The van der Waals surface area contributed by atoms with E-state index in [-0.39, 0.29) is 24.3 Å². The van der Waals surface area contributed by atoms with Gasteiger partial charge < -0.3 is 15.0 Å². The van der Waals surface area contributed by atoms with E-state index in [0.29, 0.717) is 0 Å². The molecule has 0 saturated heterocycles. The van der Waals surface area contributed by atoms with Gasteiger partial charge in [-0.1, -0.05) is 27.2 Å². The quantitative estimate of drug-likeness (QED) is 0.761. The Bertz CT molecular complexity index is 429. The molecule has 6 nitrogen and oxygen atoms in total. The van der Waals surface area contributed by atoms with Crippen molar-refractivity contribution in [2.45, 2.75) is 52.1 Å². The highest BCUT2D eigenvalue weighted by atomic mass is 16.4. The summed E-state index contributed by atoms with van der Waals surface area (Å²) in [7, 11) is 0. The van der Waals surface area contributed by atoms with Crippen molar-refractivity contribution in [2.24, 2.45) is 5.92 Å². The van der Waals surface area contributed by atoms with Crippen molar-refractivity contribution in [3.05, 3.63) is 18.7 Å². The van der Waals surface area contributed by atoms with E-state index in [9.17, 15) is 9.59 Å². The Labute approximate surface area is 119 Å². The molecule has 0 radical (unpaired) electrons. The van der Waals surface area contributed by atoms with Gasteiger partial charge in [-0.2, -0.15) is 0 Å². The second kappa shape index (κ2) is 7.67. The average Bonchev–Trinajstić information content (AvgIpc) is 2.88. The number of imidazole rings is 1. The average molecular weight is 281 g/mol. The molecule has 0 bridgehead atoms. The lowest BCUT2D eigenvalue weighted by Gasteiger charge is -2.21. The molecule has 2 N–H and O–H groups in total. The van der Waals surface area contributed by atoms with Gasteiger partial charge in [-0.05, 0) is 12.3 Å². The molecule has 1 aromatic rings. The Morgan fingerprint density at radius 2 is 2.10 bits per heavy atom. The smallest absolute Gasteiger partial charge is 0.326 e. The van der Waals surface area contributed by atoms with Gasteiger partial charge in [-0.25, -0.2) is 9.78 Å². The van der Waals surface area contributed by atoms with Crippen molar-refractivity contribution in [1.29, 1.82) is 0 Å². The molecule has 20 heavy (non-hydrogen) atoms. The lowest BCUT2D eigenvalue weighted by Crippen LogP contribution is -2.44. The molecular weight excluding hydrogens is 258 g/mol. The van der Waals surface area contributed by atoms with Crippen molar-refractivity contribution < 1.29 is 14.7 Å². The van der Waals surface area contributed by atoms with Crippen molar-refractivity contribution in [3.63, 3.8) is 0 Å². The molecule has 1 rings (SSSR count). The lowest BCUT2D eigenvalue weighted by molar-refractivity contribution is -0.143. The molecule has 0 fully saturated rings. The van der Waals surface area contributed by atoms with E-state index in [2.05, 4.69) is 17.2 Å². The number of hydrogen-bond donors (Lipinski definition) is 2. The van der Waals surface area contributed by atoms with Crippen molar-refractivity contribution in [3.8, 4) is 0 Å². The minimum absolute atomic E-state index is 0.0177. The number of hydrogen-bond acceptors (Lipinski definition) is 3. The summed E-state index contributed by atoms with van der Waals surface area (Å²) in [5.74, 6) is -1.38. The van der Waals surface area contributed by atoms with Gasteiger partial charge in [0.1, 0.15) is 6.04 Å². The maximum Gasteiger partial charge on any atom is 0.326 e. The fourth-order valence-corrected chi connectivity index (χ4v) is 2.14. The van der Waals surface area contributed by atoms with E-state index in [0.717, 1.165) is 12.8 Å². The first-order valence-corrected chi connectivity index (χ1v) is 6.95. The molecule has 1 heterocycles. The van der Waals surface area contributed by atoms with E-state index < -0.39 is 12.0 Å². The number of carbonyl (C=O) groups is 2. The van der Waals surface area contributed by atoms with Crippen LogP contribution in [0.15, 0.2) is 18.7 Å². The van der Waals surface area contributed by atoms with Crippen LogP contribution in [0, 0.1) is 5.92 Å². The van der Waals surface area contributed by atoms with Crippen LogP contribution in [0.5, 0.6) is 0 Å². The van der Waals surface area contributed by atoms with E-state index >= 15 is 0 Å². The van der Waals surface area contributed by atoms with Crippen LogP contribution in [0.25, 0.3) is 0 Å². The number of carboxylic acids is 1. The predicted octanol–water partition coefficient (Wildman–Crippen LogP) is 1.84. The predicted molar refractivity (Wildman–Crippen MR) is 75.2 cm³/mol. The highest BCUT2D eigenvalue weighted by Crippen LogP contribution is 2.18. The molecule has 2 atom stereocenters. The molecule has 112 valence electrons. The highest BCUT2D eigenvalue weighted by Gasteiger charge is 2.24. The third-order valence-corrected chi connectivity index (χ3v) is 3.24. The molecular formula is C14H23N3O3. The summed E-state index contributed by atoms with van der Waals surface area (Å²) in [5, 5.41) is 11.7. The monoisotopic (exact) mass is 281 g/mol. The molecule has 0 aromatic carbocycles. The van der Waals surface area contributed by atoms with E-state index in [1.165, 1.54) is 0 Å². The van der Waals surface area contributed by atoms with Crippen molar-refractivity contribution in [1.82, 2.24) is 14.9 Å². The van der Waals surface area contributed by atoms with Gasteiger partial charge in [-0.15, -0.1) is 0 Å². The number of nitrogens with zero attached hydrogens (tertiary/aromatic N) is 2. The first-order chi connectivity index (χ1) is 9.45. The zero-order chi connectivity index (χ0) is 15.1. The second-order valence-electron chi connectivity index (χ2n) is 5.28. The number of nitrogens with one attached hydrogen (secondary N) is 1. The lowest BCUT2D eigenvalue weighted by atomic mass is 10.0. The molecule has 1 amide bonds. The summed E-state index contributed by atoms with van der Waals surface area (Å²) in [6.07, 6.45) is 7.25. The number of carboxylic acid groups (broad SMARTS) is 1. The van der Waals surface area contributed by atoms with Crippen LogP contribution in [0.4, 0.5) is 0 Å². The van der Waals surface area contributed by atoms with Crippen LogP contribution < -0.4 is 5.32 Å². The molecule has 1 aromatic heterocycles. The molecule has 0 spiro atoms. The van der Waals surface area contributed by atoms with Crippen LogP contribution in [0.2, 0.25) is 0 Å². The Hall–Kier alpha value is -1.85. The van der Waals surface area contributed by atoms with Gasteiger partial charge >= 0.3 is 5.97 Å². The third kappa shape index (κ3) is 4.68. The van der Waals surface area contributed by atoms with E-state index in [4.69, 9.17) is 5.11 Å². The zero-order valence-electron chi connectivity index (χ0n) is 12.2. The normalized spacial score (nSPS) is 14.0. The summed E-state index contributed by atoms with van der Waals surface area (Å²) < 4.78 is 1.90. The topological polar surface area (TPSA) is 84.2 Å². The Morgan fingerprint density at radius 1 is 1.40 bits per heavy atom. The maximum atomic E-state index is 12.0. The number of rotatable bonds is 8. The molecule has 0 aliphatic carbocycles. The van der Waals surface area contributed by atoms with Crippen LogP contribution in [-0.2, 0) is 9.59 Å². The van der Waals surface area contributed by atoms with E-state index in [1.807, 2.05) is 10.8 Å². The summed E-state index contributed by atoms with van der Waals surface area (Å²) in [5.41, 5.74) is 0. The SMILES string of the molecule is CCCC(CC(=O)NC(C(=O)O)C(C)C)n1ccnc1. The Morgan fingerprint density at radius 3 is 2.55 bits per heavy atom. The van der Waals surface area contributed by atoms with Gasteiger partial charge in [0.05, 0.1) is 6.33 Å². The minimum atomic E-state index is -0.997. The highest BCUT2D eigenvalue weighted by molar-refractivity contribution is 5.83. The molecule has 0 saturated carbocycles. The third-order valence-electron chi connectivity index (χ3n) is 3.24. The minimum Gasteiger partial charge on any atom is -0.480 e. The molecule has 0 aliphatic heterocycles. The summed E-state index contributed by atoms with van der Waals surface area (Å²) >= 11 is 0. The second-order valence-corrected chi connectivity index (χ2v) is 5.28. The van der Waals surface area contributed by atoms with Crippen LogP contribution in [0.3, 0.4) is 0 Å². The largest absolute Gasteiger partial charge is 0.480 e. The summed E-state index contributed by atoms with van der Waals surface area (Å²) in [6.45, 7) is 5.60. The van der Waals surface area contributed by atoms with Crippen LogP contribution in [0.1, 0.15) is 46.1 Å². The number of carbonyl (C=O) groups excluding carboxylic acids is 1. The standard InChI is InChI=1S/C14H23N3O3/c1-4-5-11(17-7-6-15-9-17)8-12(18)16-13(10(2)3)14(19)20/h6-7,9-11,13H,4-5,8H2,1-3H3,(H,16,18)(H,19,20). The first kappa shape index (κ1) is 16.2. The fourth-order valence-electron chi connectivity index (χ4n) is 2.14. The van der Waals surface area contributed by atoms with Gasteiger partial charge in [0, 0.05) is 24.9 Å². The van der Waals surface area contributed by atoms with Crippen LogP contribution in [-0.4, -0.2) is 32.6 Å². The zero-order valence-corrected chi connectivity index (χ0v) is 12.2. The molecule has 2 unspecified atom stereocenters. The van der Waals surface area contributed by atoms with E-state index in [1.54, 1.807) is 26.4 Å².